The van der Waals surface area contributed by atoms with Gasteiger partial charge in [0.15, 0.2) is 5.75 Å². The van der Waals surface area contributed by atoms with E-state index in [1.165, 1.54) is 0 Å². The van der Waals surface area contributed by atoms with Crippen molar-refractivity contribution in [1.29, 1.82) is 0 Å². The van der Waals surface area contributed by atoms with Gasteiger partial charge in [-0.3, -0.25) is 0 Å². The molecular formula is C28H32N6O4. The minimum Gasteiger partial charge on any atom is -0.493 e. The SMILES string of the molecule is C.COc1cnc2nc1-c1ccnc(c1)OCC/C=C/COCc1cc(ccc1OCCn1ccnc1)N2. The molecule has 5 rings (SSSR count). The highest BCUT2D eigenvalue weighted by atomic mass is 16.5. The third-order valence-corrected chi connectivity index (χ3v) is 5.64. The number of benzene rings is 1. The van der Waals surface area contributed by atoms with Crippen molar-refractivity contribution >= 4 is 11.6 Å². The van der Waals surface area contributed by atoms with Crippen molar-refractivity contribution in [3.05, 3.63) is 79.2 Å². The second kappa shape index (κ2) is 13.2. The van der Waals surface area contributed by atoms with Gasteiger partial charge in [-0.05, 0) is 30.7 Å². The van der Waals surface area contributed by atoms with Gasteiger partial charge in [-0.15, -0.1) is 0 Å². The summed E-state index contributed by atoms with van der Waals surface area (Å²) in [4.78, 5) is 17.5. The Morgan fingerprint density at radius 2 is 2.03 bits per heavy atom. The van der Waals surface area contributed by atoms with Gasteiger partial charge in [-0.1, -0.05) is 19.6 Å². The molecule has 0 fully saturated rings. The Morgan fingerprint density at radius 3 is 2.89 bits per heavy atom. The van der Waals surface area contributed by atoms with Crippen molar-refractivity contribution in [3.8, 4) is 28.6 Å². The van der Waals surface area contributed by atoms with Crippen LogP contribution in [-0.2, 0) is 17.9 Å². The zero-order valence-corrected chi connectivity index (χ0v) is 20.5. The minimum absolute atomic E-state index is 0. The molecule has 6 bridgehead atoms. The van der Waals surface area contributed by atoms with Crippen LogP contribution in [0, 0.1) is 0 Å². The van der Waals surface area contributed by atoms with Gasteiger partial charge in [-0.2, -0.15) is 0 Å². The fourth-order valence-corrected chi connectivity index (χ4v) is 3.80. The summed E-state index contributed by atoms with van der Waals surface area (Å²) in [6.45, 7) is 2.57. The number of anilines is 2. The van der Waals surface area contributed by atoms with Crippen molar-refractivity contribution in [2.24, 2.45) is 0 Å². The van der Waals surface area contributed by atoms with E-state index in [4.69, 9.17) is 23.9 Å². The van der Waals surface area contributed by atoms with Crippen molar-refractivity contribution in [2.75, 3.05) is 32.2 Å². The molecule has 3 aromatic heterocycles. The van der Waals surface area contributed by atoms with Gasteiger partial charge in [0.05, 0.1) is 46.0 Å². The molecule has 0 spiro atoms. The first-order chi connectivity index (χ1) is 18.3. The van der Waals surface area contributed by atoms with Crippen LogP contribution in [0.15, 0.2) is 73.6 Å². The van der Waals surface area contributed by atoms with Crippen molar-refractivity contribution in [1.82, 2.24) is 24.5 Å². The average molecular weight is 517 g/mol. The number of ether oxygens (including phenoxy) is 4. The van der Waals surface area contributed by atoms with Gasteiger partial charge in [-0.25, -0.2) is 19.9 Å². The number of hydrogen-bond donors (Lipinski definition) is 1. The molecule has 38 heavy (non-hydrogen) atoms. The number of methoxy groups -OCH3 is 1. The molecule has 0 unspecified atom stereocenters. The summed E-state index contributed by atoms with van der Waals surface area (Å²) >= 11 is 0. The van der Waals surface area contributed by atoms with E-state index in [-0.39, 0.29) is 7.43 Å². The lowest BCUT2D eigenvalue weighted by atomic mass is 10.1. The third-order valence-electron chi connectivity index (χ3n) is 5.64. The molecule has 4 aromatic rings. The Hall–Kier alpha value is -4.44. The van der Waals surface area contributed by atoms with Crippen LogP contribution < -0.4 is 19.5 Å². The number of imidazole rings is 1. The van der Waals surface area contributed by atoms with Gasteiger partial charge in [0.25, 0.3) is 0 Å². The molecule has 4 heterocycles. The highest BCUT2D eigenvalue weighted by molar-refractivity contribution is 5.69. The zero-order valence-electron chi connectivity index (χ0n) is 20.5. The maximum Gasteiger partial charge on any atom is 0.227 e. The van der Waals surface area contributed by atoms with Gasteiger partial charge in [0.2, 0.25) is 11.8 Å². The Balaban J connectivity index is 0.00000336. The van der Waals surface area contributed by atoms with E-state index in [0.29, 0.717) is 56.2 Å². The van der Waals surface area contributed by atoms with E-state index in [1.54, 1.807) is 32.0 Å². The lowest BCUT2D eigenvalue weighted by Crippen LogP contribution is -2.08. The summed E-state index contributed by atoms with van der Waals surface area (Å²) in [6, 6.07) is 9.56. The number of nitrogens with zero attached hydrogens (tertiary/aromatic N) is 5. The van der Waals surface area contributed by atoms with Crippen LogP contribution in [0.4, 0.5) is 11.6 Å². The number of fused-ring (bicyclic) bond motifs is 7. The molecule has 0 saturated heterocycles. The minimum atomic E-state index is 0. The van der Waals surface area contributed by atoms with Crippen LogP contribution in [0.1, 0.15) is 19.4 Å². The van der Waals surface area contributed by atoms with Crippen LogP contribution in [0.3, 0.4) is 0 Å². The normalized spacial score (nSPS) is 14.0. The monoisotopic (exact) mass is 516 g/mol. The van der Waals surface area contributed by atoms with Crippen LogP contribution >= 0.6 is 0 Å². The Labute approximate surface area is 222 Å². The summed E-state index contributed by atoms with van der Waals surface area (Å²) < 4.78 is 25.3. The first-order valence-electron chi connectivity index (χ1n) is 12.0. The van der Waals surface area contributed by atoms with Crippen molar-refractivity contribution in [2.45, 2.75) is 27.0 Å². The zero-order chi connectivity index (χ0) is 25.3. The Morgan fingerprint density at radius 1 is 1.08 bits per heavy atom. The largest absolute Gasteiger partial charge is 0.493 e. The number of pyridine rings is 1. The van der Waals surface area contributed by atoms with Crippen molar-refractivity contribution < 1.29 is 18.9 Å². The molecule has 0 radical (unpaired) electrons. The van der Waals surface area contributed by atoms with Gasteiger partial charge in [0.1, 0.15) is 18.1 Å². The maximum absolute atomic E-state index is 6.08. The second-order valence-corrected chi connectivity index (χ2v) is 8.21. The number of hydrogen-bond acceptors (Lipinski definition) is 9. The van der Waals surface area contributed by atoms with Crippen LogP contribution in [-0.4, -0.2) is 51.4 Å². The predicted octanol–water partition coefficient (Wildman–Crippen LogP) is 5.06. The lowest BCUT2D eigenvalue weighted by Gasteiger charge is -2.15. The molecule has 10 heteroatoms. The van der Waals surface area contributed by atoms with E-state index in [9.17, 15) is 0 Å². The second-order valence-electron chi connectivity index (χ2n) is 8.21. The number of rotatable bonds is 5. The highest BCUT2D eigenvalue weighted by Gasteiger charge is 2.13. The summed E-state index contributed by atoms with van der Waals surface area (Å²) in [5.74, 6) is 2.26. The van der Waals surface area contributed by atoms with Crippen molar-refractivity contribution in [3.63, 3.8) is 0 Å². The number of aromatic nitrogens is 5. The molecule has 10 nitrogen and oxygen atoms in total. The molecule has 0 atom stereocenters. The van der Waals surface area contributed by atoms with Gasteiger partial charge >= 0.3 is 0 Å². The molecule has 0 amide bonds. The van der Waals surface area contributed by atoms with Gasteiger partial charge < -0.3 is 28.8 Å². The van der Waals surface area contributed by atoms with Crippen LogP contribution in [0.25, 0.3) is 11.3 Å². The summed E-state index contributed by atoms with van der Waals surface area (Å²) in [5, 5.41) is 3.29. The summed E-state index contributed by atoms with van der Waals surface area (Å²) in [5.41, 5.74) is 3.18. The first kappa shape index (κ1) is 26.6. The fraction of sp³-hybridized carbons (Fsp3) is 0.286. The smallest absolute Gasteiger partial charge is 0.227 e. The Bertz CT molecular complexity index is 1340. The molecule has 1 aliphatic heterocycles. The quantitative estimate of drug-likeness (QED) is 0.364. The fourth-order valence-electron chi connectivity index (χ4n) is 3.80. The van der Waals surface area contributed by atoms with E-state index in [1.807, 2.05) is 53.2 Å². The summed E-state index contributed by atoms with van der Waals surface area (Å²) in [6.07, 6.45) is 13.5. The summed E-state index contributed by atoms with van der Waals surface area (Å²) in [7, 11) is 1.59. The van der Waals surface area contributed by atoms with Gasteiger partial charge in [0, 0.05) is 41.5 Å². The van der Waals surface area contributed by atoms with E-state index in [0.717, 1.165) is 29.0 Å². The number of nitrogens with one attached hydrogen (secondary N) is 1. The molecule has 0 aliphatic carbocycles. The third kappa shape index (κ3) is 6.86. The topological polar surface area (TPSA) is 105 Å². The first-order valence-corrected chi connectivity index (χ1v) is 12.0. The highest BCUT2D eigenvalue weighted by Crippen LogP contribution is 2.31. The van der Waals surface area contributed by atoms with E-state index < -0.39 is 0 Å². The lowest BCUT2D eigenvalue weighted by molar-refractivity contribution is 0.144. The van der Waals surface area contributed by atoms with Crippen LogP contribution in [0.5, 0.6) is 17.4 Å². The van der Waals surface area contributed by atoms with E-state index in [2.05, 4.69) is 20.3 Å². The standard InChI is InChI=1S/C27H28N6O4.CH4/c1-34-24-17-30-27-31-22-5-6-23(36-14-11-33-10-9-28-19-33)21(15-22)18-35-12-3-2-4-13-37-25-16-20(7-8-29-25)26(24)32-27;/h2-3,5-10,15-17,19H,4,11-14,18H2,1H3,(H,30,31,32);1H4/b3-2+;. The maximum atomic E-state index is 6.08. The molecular weight excluding hydrogens is 484 g/mol. The molecule has 1 N–H and O–H groups in total. The average Bonchev–Trinajstić information content (AvgIpc) is 3.44. The molecule has 1 aromatic carbocycles. The predicted molar refractivity (Wildman–Crippen MR) is 145 cm³/mol. The Kier molecular flexibility index (Phi) is 9.25. The molecule has 198 valence electrons. The molecule has 0 saturated carbocycles. The van der Waals surface area contributed by atoms with Crippen LogP contribution in [0.2, 0.25) is 0 Å². The molecule has 1 aliphatic rings. The van der Waals surface area contributed by atoms with E-state index >= 15 is 0 Å².